The van der Waals surface area contributed by atoms with Crippen molar-refractivity contribution in [3.63, 3.8) is 0 Å². The molecule has 8 rings (SSSR count). The molecule has 0 saturated carbocycles. The summed E-state index contributed by atoms with van der Waals surface area (Å²) in [7, 11) is 0. The van der Waals surface area contributed by atoms with Crippen LogP contribution in [-0.4, -0.2) is 19.9 Å². The van der Waals surface area contributed by atoms with Crippen LogP contribution in [-0.2, 0) is 0 Å². The highest BCUT2D eigenvalue weighted by Gasteiger charge is 2.45. The summed E-state index contributed by atoms with van der Waals surface area (Å²) >= 11 is 0. The number of rotatable bonds is 4. The molecule has 0 unspecified atom stereocenters. The second kappa shape index (κ2) is 10.9. The van der Waals surface area contributed by atoms with Crippen molar-refractivity contribution in [1.82, 2.24) is 19.9 Å². The summed E-state index contributed by atoms with van der Waals surface area (Å²) < 4.78 is 0. The quantitative estimate of drug-likeness (QED) is 0.199. The predicted octanol–water partition coefficient (Wildman–Crippen LogP) is 8.91. The maximum atomic E-state index is 4.58. The minimum absolute atomic E-state index is 0.931. The molecule has 2 aromatic carbocycles. The molecular formula is C38H32N8. The fourth-order valence-corrected chi connectivity index (χ4v) is 6.33. The number of aryl methyl sites for hydroxylation is 4. The van der Waals surface area contributed by atoms with Gasteiger partial charge in [0.25, 0.3) is 0 Å². The van der Waals surface area contributed by atoms with Gasteiger partial charge >= 0.3 is 0 Å². The molecule has 46 heavy (non-hydrogen) atoms. The van der Waals surface area contributed by atoms with Gasteiger partial charge in [-0.25, -0.2) is 0 Å². The topological polar surface area (TPSA) is 64.5 Å². The Hall–Kier alpha value is -6.02. The first-order chi connectivity index (χ1) is 22.5. The molecule has 224 valence electrons. The lowest BCUT2D eigenvalue weighted by molar-refractivity contribution is 0.997. The van der Waals surface area contributed by atoms with Crippen molar-refractivity contribution in [1.29, 1.82) is 0 Å². The number of hydrogen-bond donors (Lipinski definition) is 0. The van der Waals surface area contributed by atoms with Gasteiger partial charge in [-0.3, -0.25) is 39.5 Å². The van der Waals surface area contributed by atoms with E-state index in [1.54, 1.807) is 0 Å². The lowest BCUT2D eigenvalue weighted by Gasteiger charge is -2.33. The zero-order valence-electron chi connectivity index (χ0n) is 26.1. The van der Waals surface area contributed by atoms with Crippen LogP contribution in [0.15, 0.2) is 134 Å². The van der Waals surface area contributed by atoms with Crippen molar-refractivity contribution in [3.05, 3.63) is 156 Å². The molecule has 4 aromatic heterocycles. The Morgan fingerprint density at radius 3 is 0.804 bits per heavy atom. The molecule has 2 aliphatic rings. The first-order valence-corrected chi connectivity index (χ1v) is 15.3. The van der Waals surface area contributed by atoms with E-state index >= 15 is 0 Å². The van der Waals surface area contributed by atoms with Crippen molar-refractivity contribution in [2.75, 3.05) is 19.6 Å². The summed E-state index contributed by atoms with van der Waals surface area (Å²) in [5.74, 6) is 1.86. The molecule has 0 N–H and O–H groups in total. The van der Waals surface area contributed by atoms with Crippen molar-refractivity contribution < 1.29 is 0 Å². The van der Waals surface area contributed by atoms with Gasteiger partial charge in [0, 0.05) is 24.8 Å². The molecule has 2 aliphatic heterocycles. The molecule has 0 fully saturated rings. The van der Waals surface area contributed by atoms with Crippen LogP contribution in [0.4, 0.5) is 45.5 Å². The Labute approximate surface area is 268 Å². The van der Waals surface area contributed by atoms with E-state index in [9.17, 15) is 0 Å². The van der Waals surface area contributed by atoms with E-state index in [1.165, 1.54) is 22.3 Å². The van der Waals surface area contributed by atoms with Gasteiger partial charge in [-0.05, 0) is 123 Å². The van der Waals surface area contributed by atoms with Crippen LogP contribution in [0.1, 0.15) is 22.3 Å². The molecular weight excluding hydrogens is 568 g/mol. The monoisotopic (exact) mass is 600 g/mol. The number of hydrogen-bond acceptors (Lipinski definition) is 8. The van der Waals surface area contributed by atoms with Crippen LogP contribution in [0.2, 0.25) is 0 Å². The van der Waals surface area contributed by atoms with Crippen molar-refractivity contribution in [2.45, 2.75) is 27.7 Å². The Bertz CT molecular complexity index is 1800. The average molecular weight is 601 g/mol. The molecule has 8 heteroatoms. The number of anilines is 8. The molecule has 0 spiro atoms. The molecule has 0 aliphatic carbocycles. The number of fused-ring (bicyclic) bond motifs is 2. The largest absolute Gasteiger partial charge is 0.289 e. The molecule has 0 bridgehead atoms. The first kappa shape index (κ1) is 27.5. The molecule has 8 nitrogen and oxygen atoms in total. The van der Waals surface area contributed by atoms with E-state index in [1.807, 2.05) is 73.8 Å². The molecule has 6 aromatic rings. The fraction of sp³-hybridized carbons (Fsp3) is 0.105. The number of nitrogens with zero attached hydrogens (tertiary/aromatic N) is 8. The molecule has 6 heterocycles. The number of pyridine rings is 4. The Kier molecular flexibility index (Phi) is 6.49. The van der Waals surface area contributed by atoms with Gasteiger partial charge in [-0.15, -0.1) is 0 Å². The van der Waals surface area contributed by atoms with Crippen LogP contribution < -0.4 is 19.6 Å². The maximum Gasteiger partial charge on any atom is 0.166 e. The Morgan fingerprint density at radius 1 is 0.370 bits per heavy atom. The zero-order valence-corrected chi connectivity index (χ0v) is 26.1. The normalized spacial score (nSPS) is 13.8. The number of benzene rings is 2. The van der Waals surface area contributed by atoms with Gasteiger partial charge in [0.05, 0.1) is 70.3 Å². The van der Waals surface area contributed by atoms with Crippen molar-refractivity contribution >= 4 is 45.5 Å². The van der Waals surface area contributed by atoms with E-state index in [4.69, 9.17) is 0 Å². The standard InChI is InChI=1S/C38H32N8/c1-25-17-33-34(18-26(25)2)44(30-10-6-14-40-22-30)37(43(33)29-9-5-13-39-21-29)38-45(31-11-7-15-41-23-31)35-19-27(3)28(4)20-36(35)46(38)32-12-8-16-42-24-32/h5-24H,1-4H3. The lowest BCUT2D eigenvalue weighted by atomic mass is 10.1. The van der Waals surface area contributed by atoms with Gasteiger partial charge in [-0.1, -0.05) is 0 Å². The van der Waals surface area contributed by atoms with Gasteiger partial charge < -0.3 is 0 Å². The SMILES string of the molecule is Cc1cc2c(cc1C)N(c1cccnc1)C(=C1N(c3cccnc3)c3cc(C)c(C)cc3N1c1cccnc1)N2c1cccnc1. The first-order valence-electron chi connectivity index (χ1n) is 15.3. The van der Waals surface area contributed by atoms with E-state index < -0.39 is 0 Å². The average Bonchev–Trinajstić information content (AvgIpc) is 3.58. The van der Waals surface area contributed by atoms with E-state index in [0.29, 0.717) is 0 Å². The minimum Gasteiger partial charge on any atom is -0.289 e. The third-order valence-electron chi connectivity index (χ3n) is 8.81. The molecule has 0 radical (unpaired) electrons. The van der Waals surface area contributed by atoms with Gasteiger partial charge in [-0.2, -0.15) is 0 Å². The smallest absolute Gasteiger partial charge is 0.166 e. The summed E-state index contributed by atoms with van der Waals surface area (Å²) in [5, 5.41) is 0. The Morgan fingerprint density at radius 2 is 0.609 bits per heavy atom. The lowest BCUT2D eigenvalue weighted by Crippen LogP contribution is -2.33. The summed E-state index contributed by atoms with van der Waals surface area (Å²) in [6.07, 6.45) is 14.9. The highest BCUT2D eigenvalue weighted by molar-refractivity contribution is 6.00. The van der Waals surface area contributed by atoms with Crippen molar-refractivity contribution in [3.8, 4) is 0 Å². The third kappa shape index (κ3) is 4.29. The van der Waals surface area contributed by atoms with Crippen molar-refractivity contribution in [2.24, 2.45) is 0 Å². The van der Waals surface area contributed by atoms with E-state index in [-0.39, 0.29) is 0 Å². The van der Waals surface area contributed by atoms with Gasteiger partial charge in [0.1, 0.15) is 0 Å². The van der Waals surface area contributed by atoms with E-state index in [2.05, 4.69) is 116 Å². The second-order valence-corrected chi connectivity index (χ2v) is 11.7. The van der Waals surface area contributed by atoms with Crippen LogP contribution in [0.3, 0.4) is 0 Å². The fourth-order valence-electron chi connectivity index (χ4n) is 6.33. The van der Waals surface area contributed by atoms with Crippen LogP contribution in [0, 0.1) is 27.7 Å². The minimum atomic E-state index is 0.931. The third-order valence-corrected chi connectivity index (χ3v) is 8.81. The van der Waals surface area contributed by atoms with Crippen LogP contribution in [0.5, 0.6) is 0 Å². The van der Waals surface area contributed by atoms with Crippen LogP contribution >= 0.6 is 0 Å². The predicted molar refractivity (Wildman–Crippen MR) is 184 cm³/mol. The number of aromatic nitrogens is 4. The Balaban J connectivity index is 1.56. The summed E-state index contributed by atoms with van der Waals surface area (Å²) in [4.78, 5) is 27.6. The summed E-state index contributed by atoms with van der Waals surface area (Å²) in [6.45, 7) is 8.66. The molecule has 0 atom stereocenters. The van der Waals surface area contributed by atoms with E-state index in [0.717, 1.165) is 57.1 Å². The molecule has 0 amide bonds. The summed E-state index contributed by atoms with van der Waals surface area (Å²) in [6, 6.07) is 25.5. The highest BCUT2D eigenvalue weighted by Crippen LogP contribution is 2.57. The highest BCUT2D eigenvalue weighted by atomic mass is 15.5. The second-order valence-electron chi connectivity index (χ2n) is 11.7. The van der Waals surface area contributed by atoms with Crippen LogP contribution in [0.25, 0.3) is 0 Å². The van der Waals surface area contributed by atoms with Gasteiger partial charge in [0.2, 0.25) is 0 Å². The molecule has 0 saturated heterocycles. The zero-order chi connectivity index (χ0) is 31.4. The summed E-state index contributed by atoms with van der Waals surface area (Å²) in [5.41, 5.74) is 12.8. The maximum absolute atomic E-state index is 4.58. The van der Waals surface area contributed by atoms with Gasteiger partial charge in [0.15, 0.2) is 11.6 Å².